The molecule has 0 saturated carbocycles. The van der Waals surface area contributed by atoms with Gasteiger partial charge in [-0.2, -0.15) is 0 Å². The van der Waals surface area contributed by atoms with Gasteiger partial charge in [0.2, 0.25) is 5.91 Å². The van der Waals surface area contributed by atoms with Crippen LogP contribution in [0.3, 0.4) is 0 Å². The van der Waals surface area contributed by atoms with Crippen LogP contribution < -0.4 is 5.32 Å². The van der Waals surface area contributed by atoms with Gasteiger partial charge in [0, 0.05) is 6.42 Å². The van der Waals surface area contributed by atoms with Crippen molar-refractivity contribution in [3.8, 4) is 0 Å². The minimum Gasteiger partial charge on any atom is -0.387 e. The summed E-state index contributed by atoms with van der Waals surface area (Å²) in [4.78, 5) is 23.2. The molecular weight excluding hydrogens is 780 g/mol. The Morgan fingerprint density at radius 2 is 0.984 bits per heavy atom. The van der Waals surface area contributed by atoms with Crippen molar-refractivity contribution in [1.82, 2.24) is 5.32 Å². The Kier molecular flexibility index (Phi) is 42.6. The highest BCUT2D eigenvalue weighted by Gasteiger charge is 2.27. The Balaban J connectivity index is 4.28. The van der Waals surface area contributed by atoms with Crippen molar-refractivity contribution < 1.29 is 32.9 Å². The number of allylic oxidation sites excluding steroid dienone is 7. The number of quaternary nitrogens is 1. The summed E-state index contributed by atoms with van der Waals surface area (Å²) in [5.41, 5.74) is 0. The molecule has 358 valence electrons. The molecule has 1 amide bonds. The molecule has 3 N–H and O–H groups in total. The van der Waals surface area contributed by atoms with E-state index in [0.29, 0.717) is 17.4 Å². The lowest BCUT2D eigenvalue weighted by Crippen LogP contribution is -2.45. The molecule has 0 saturated heterocycles. The summed E-state index contributed by atoms with van der Waals surface area (Å²) in [6.07, 6.45) is 56.3. The van der Waals surface area contributed by atoms with Crippen LogP contribution in [0.15, 0.2) is 48.6 Å². The summed E-state index contributed by atoms with van der Waals surface area (Å²) in [7, 11) is 1.56. The Morgan fingerprint density at radius 3 is 1.44 bits per heavy atom. The first-order valence-electron chi connectivity index (χ1n) is 25.5. The van der Waals surface area contributed by atoms with Crippen molar-refractivity contribution >= 4 is 13.7 Å². The topological polar surface area (TPSA) is 105 Å². The van der Waals surface area contributed by atoms with Crippen LogP contribution in [0.5, 0.6) is 0 Å². The molecule has 0 radical (unpaired) electrons. The van der Waals surface area contributed by atoms with Crippen molar-refractivity contribution in [2.24, 2.45) is 0 Å². The zero-order valence-electron chi connectivity index (χ0n) is 40.7. The third-order valence-corrected chi connectivity index (χ3v) is 12.3. The number of aliphatic hydroxyl groups is 1. The SMILES string of the molecule is CC/C=C\C/C=C\C/C=C\CCCCCCCC(=O)NC(COP(=O)(O)OCC[N+](C)(C)C)C(O)/C=C/CCCCCCCCCCCCCCCCCCCCCCCC. The highest BCUT2D eigenvalue weighted by Crippen LogP contribution is 2.43. The number of nitrogens with one attached hydrogen (secondary N) is 1. The summed E-state index contributed by atoms with van der Waals surface area (Å²) < 4.78 is 23.6. The number of likely N-dealkylation sites (N-methyl/N-ethyl adjacent to an activating group) is 1. The van der Waals surface area contributed by atoms with Gasteiger partial charge in [-0.1, -0.05) is 217 Å². The number of phosphoric ester groups is 1. The van der Waals surface area contributed by atoms with E-state index in [0.717, 1.165) is 77.0 Å². The molecule has 0 spiro atoms. The second kappa shape index (κ2) is 43.7. The molecule has 61 heavy (non-hydrogen) atoms. The van der Waals surface area contributed by atoms with Crippen LogP contribution in [0.4, 0.5) is 0 Å². The number of aliphatic hydroxyl groups excluding tert-OH is 1. The van der Waals surface area contributed by atoms with Gasteiger partial charge >= 0.3 is 7.82 Å². The largest absolute Gasteiger partial charge is 0.472 e. The number of carbonyl (C=O) groups is 1. The number of rotatable bonds is 46. The van der Waals surface area contributed by atoms with Gasteiger partial charge in [0.15, 0.2) is 0 Å². The van der Waals surface area contributed by atoms with Crippen molar-refractivity contribution in [3.05, 3.63) is 48.6 Å². The Hall–Kier alpha value is -1.54. The summed E-state index contributed by atoms with van der Waals surface area (Å²) in [6.45, 7) is 4.70. The summed E-state index contributed by atoms with van der Waals surface area (Å²) in [6, 6.07) is -0.856. The van der Waals surface area contributed by atoms with Crippen LogP contribution in [0, 0.1) is 0 Å². The minimum atomic E-state index is -4.35. The fraction of sp³-hybridized carbons (Fsp3) is 0.827. The van der Waals surface area contributed by atoms with E-state index in [1.165, 1.54) is 128 Å². The second-order valence-corrected chi connectivity index (χ2v) is 20.0. The molecule has 0 bridgehead atoms. The average Bonchev–Trinajstić information content (AvgIpc) is 3.21. The Morgan fingerprint density at radius 1 is 0.574 bits per heavy atom. The molecule has 0 aromatic heterocycles. The molecule has 0 heterocycles. The van der Waals surface area contributed by atoms with Gasteiger partial charge in [0.05, 0.1) is 39.9 Å². The van der Waals surface area contributed by atoms with Crippen LogP contribution in [0.2, 0.25) is 0 Å². The third kappa shape index (κ3) is 46.3. The van der Waals surface area contributed by atoms with E-state index in [2.05, 4.69) is 55.6 Å². The number of nitrogens with zero attached hydrogens (tertiary/aromatic N) is 1. The van der Waals surface area contributed by atoms with Crippen LogP contribution >= 0.6 is 7.82 Å². The summed E-state index contributed by atoms with van der Waals surface area (Å²) >= 11 is 0. The van der Waals surface area contributed by atoms with Crippen LogP contribution in [0.1, 0.15) is 226 Å². The van der Waals surface area contributed by atoms with E-state index < -0.39 is 20.0 Å². The number of amides is 1. The maximum atomic E-state index is 12.9. The third-order valence-electron chi connectivity index (χ3n) is 11.3. The molecule has 0 fully saturated rings. The van der Waals surface area contributed by atoms with Crippen LogP contribution in [-0.4, -0.2) is 73.4 Å². The average molecular weight is 880 g/mol. The molecule has 3 unspecified atom stereocenters. The van der Waals surface area contributed by atoms with Crippen LogP contribution in [0.25, 0.3) is 0 Å². The fourth-order valence-corrected chi connectivity index (χ4v) is 8.03. The molecular formula is C52H100N2O6P+. The second-order valence-electron chi connectivity index (χ2n) is 18.5. The Labute approximate surface area is 378 Å². The van der Waals surface area contributed by atoms with Crippen molar-refractivity contribution in [2.45, 2.75) is 238 Å². The van der Waals surface area contributed by atoms with E-state index in [1.807, 2.05) is 27.2 Å². The Bertz CT molecular complexity index is 1130. The quantitative estimate of drug-likeness (QED) is 0.0243. The lowest BCUT2D eigenvalue weighted by molar-refractivity contribution is -0.870. The normalized spacial score (nSPS) is 14.5. The fourth-order valence-electron chi connectivity index (χ4n) is 7.29. The van der Waals surface area contributed by atoms with Gasteiger partial charge < -0.3 is 19.8 Å². The molecule has 9 heteroatoms. The first-order chi connectivity index (χ1) is 29.5. The molecule has 0 aromatic carbocycles. The van der Waals surface area contributed by atoms with E-state index in [4.69, 9.17) is 9.05 Å². The van der Waals surface area contributed by atoms with Gasteiger partial charge in [-0.05, 0) is 51.4 Å². The van der Waals surface area contributed by atoms with Crippen LogP contribution in [-0.2, 0) is 18.4 Å². The summed E-state index contributed by atoms with van der Waals surface area (Å²) in [5, 5.41) is 13.9. The molecule has 0 aliphatic carbocycles. The number of hydrogen-bond acceptors (Lipinski definition) is 5. The zero-order chi connectivity index (χ0) is 45.0. The number of hydrogen-bond donors (Lipinski definition) is 3. The predicted octanol–water partition coefficient (Wildman–Crippen LogP) is 14.8. The number of phosphoric acid groups is 1. The predicted molar refractivity (Wildman–Crippen MR) is 263 cm³/mol. The standard InChI is InChI=1S/C52H99N2O6P/c1-6-8-10-12-14-16-18-20-22-23-24-25-26-27-28-29-30-32-33-35-37-39-41-43-45-51(55)50(49-60-61(57,58)59-48-47-54(3,4)5)53-52(56)46-44-42-40-38-36-34-31-21-19-17-15-13-11-9-7-2/h9,11,15,17,21,31,43,45,50-51,55H,6-8,10,12-14,16,18-20,22-30,32-42,44,46-49H2,1-5H3,(H-,53,56,57,58)/p+1/b11-9-,17-15-,31-21-,45-43+. The van der Waals surface area contributed by atoms with Gasteiger partial charge in [-0.3, -0.25) is 13.8 Å². The minimum absolute atomic E-state index is 0.0567. The zero-order valence-corrected chi connectivity index (χ0v) is 41.5. The van der Waals surface area contributed by atoms with Gasteiger partial charge in [0.25, 0.3) is 0 Å². The highest BCUT2D eigenvalue weighted by molar-refractivity contribution is 7.47. The smallest absolute Gasteiger partial charge is 0.387 e. The number of carbonyl (C=O) groups excluding carboxylic acids is 1. The molecule has 0 aromatic rings. The molecule has 0 aliphatic rings. The molecule has 0 aliphatic heterocycles. The maximum Gasteiger partial charge on any atom is 0.472 e. The van der Waals surface area contributed by atoms with E-state index >= 15 is 0 Å². The van der Waals surface area contributed by atoms with Crippen molar-refractivity contribution in [3.63, 3.8) is 0 Å². The van der Waals surface area contributed by atoms with Gasteiger partial charge in [-0.15, -0.1) is 0 Å². The van der Waals surface area contributed by atoms with E-state index in [1.54, 1.807) is 6.08 Å². The molecule has 3 atom stereocenters. The first-order valence-corrected chi connectivity index (χ1v) is 27.0. The number of unbranched alkanes of at least 4 members (excludes halogenated alkanes) is 27. The van der Waals surface area contributed by atoms with E-state index in [-0.39, 0.29) is 19.1 Å². The van der Waals surface area contributed by atoms with Crippen molar-refractivity contribution in [2.75, 3.05) is 40.9 Å². The molecule has 0 rings (SSSR count). The highest BCUT2D eigenvalue weighted by atomic mass is 31.2. The monoisotopic (exact) mass is 880 g/mol. The molecule has 8 nitrogen and oxygen atoms in total. The van der Waals surface area contributed by atoms with Gasteiger partial charge in [0.1, 0.15) is 13.2 Å². The van der Waals surface area contributed by atoms with Crippen molar-refractivity contribution in [1.29, 1.82) is 0 Å². The van der Waals surface area contributed by atoms with E-state index in [9.17, 15) is 19.4 Å². The lowest BCUT2D eigenvalue weighted by Gasteiger charge is -2.25. The first kappa shape index (κ1) is 59.5. The lowest BCUT2D eigenvalue weighted by atomic mass is 10.0. The maximum absolute atomic E-state index is 12.9. The van der Waals surface area contributed by atoms with Gasteiger partial charge in [-0.25, -0.2) is 4.57 Å². The summed E-state index contributed by atoms with van der Waals surface area (Å²) in [5.74, 6) is -0.194.